The quantitative estimate of drug-likeness (QED) is 0.558. The van der Waals surface area contributed by atoms with E-state index in [0.29, 0.717) is 22.9 Å². The van der Waals surface area contributed by atoms with E-state index in [2.05, 4.69) is 5.32 Å². The van der Waals surface area contributed by atoms with Gasteiger partial charge in [0.15, 0.2) is 0 Å². The first kappa shape index (κ1) is 23.8. The van der Waals surface area contributed by atoms with Gasteiger partial charge in [0.1, 0.15) is 6.61 Å². The van der Waals surface area contributed by atoms with E-state index < -0.39 is 17.9 Å². The van der Waals surface area contributed by atoms with Gasteiger partial charge in [0.25, 0.3) is 0 Å². The van der Waals surface area contributed by atoms with Gasteiger partial charge in [0.2, 0.25) is 0 Å². The molecule has 1 aliphatic carbocycles. The highest BCUT2D eigenvalue weighted by molar-refractivity contribution is 5.99. The molecule has 180 valence electrons. The molecule has 7 nitrogen and oxygen atoms in total. The summed E-state index contributed by atoms with van der Waals surface area (Å²) in [5.74, 6) is -1.97. The molecule has 0 bridgehead atoms. The van der Waals surface area contributed by atoms with Crippen LogP contribution in [0.3, 0.4) is 0 Å². The first-order valence-corrected chi connectivity index (χ1v) is 11.8. The normalized spacial score (nSPS) is 19.8. The number of carboxylic acid groups (broad SMARTS) is 1. The molecule has 2 N–H and O–H groups in total. The van der Waals surface area contributed by atoms with Crippen LogP contribution in [-0.4, -0.2) is 41.4 Å². The van der Waals surface area contributed by atoms with Crippen molar-refractivity contribution in [3.63, 3.8) is 0 Å². The SMILES string of the molecule is COC(COC(=O)C1=C(C)NC(C)=C(C(=O)O)C1c1cccc(-n2cccc2)c1)C1CCCC1. The molecule has 2 heterocycles. The van der Waals surface area contributed by atoms with Crippen LogP contribution in [0.2, 0.25) is 0 Å². The lowest BCUT2D eigenvalue weighted by molar-refractivity contribution is -0.144. The predicted octanol–water partition coefficient (Wildman–Crippen LogP) is 4.55. The number of aliphatic carboxylic acids is 1. The molecule has 1 fully saturated rings. The van der Waals surface area contributed by atoms with E-state index in [1.165, 1.54) is 12.8 Å². The number of dihydropyridines is 1. The molecule has 2 atom stereocenters. The highest BCUT2D eigenvalue weighted by atomic mass is 16.6. The average molecular weight is 465 g/mol. The Hall–Kier alpha value is -3.32. The molecule has 0 amide bonds. The highest BCUT2D eigenvalue weighted by Gasteiger charge is 2.38. The number of hydrogen-bond donors (Lipinski definition) is 2. The standard InChI is InChI=1S/C27H32N2O5/c1-17-23(26(30)31)25(20-11-8-12-21(15-20)29-13-6-7-14-29)24(18(2)28-17)27(32)34-16-22(33-3)19-9-4-5-10-19/h6-8,11-15,19,22,25,28H,4-5,9-10,16H2,1-3H3,(H,30,31). The minimum absolute atomic E-state index is 0.140. The summed E-state index contributed by atoms with van der Waals surface area (Å²) in [6.07, 6.45) is 8.15. The van der Waals surface area contributed by atoms with E-state index in [-0.39, 0.29) is 18.3 Å². The van der Waals surface area contributed by atoms with Crippen LogP contribution in [0.15, 0.2) is 71.3 Å². The number of ether oxygens (including phenoxy) is 2. The predicted molar refractivity (Wildman–Crippen MR) is 128 cm³/mol. The minimum atomic E-state index is -1.07. The monoisotopic (exact) mass is 464 g/mol. The molecule has 0 radical (unpaired) electrons. The number of allylic oxidation sites excluding steroid dienone is 2. The van der Waals surface area contributed by atoms with Gasteiger partial charge >= 0.3 is 11.9 Å². The van der Waals surface area contributed by atoms with Crippen LogP contribution >= 0.6 is 0 Å². The van der Waals surface area contributed by atoms with Crippen LogP contribution in [0.25, 0.3) is 5.69 Å². The number of hydrogen-bond acceptors (Lipinski definition) is 5. The molecule has 0 saturated heterocycles. The number of methoxy groups -OCH3 is 1. The summed E-state index contributed by atoms with van der Waals surface area (Å²) in [6, 6.07) is 11.4. The maximum atomic E-state index is 13.4. The topological polar surface area (TPSA) is 89.8 Å². The van der Waals surface area contributed by atoms with E-state index in [9.17, 15) is 14.7 Å². The number of nitrogens with one attached hydrogen (secondary N) is 1. The van der Waals surface area contributed by atoms with Crippen molar-refractivity contribution in [1.29, 1.82) is 0 Å². The summed E-state index contributed by atoms with van der Waals surface area (Å²) >= 11 is 0. The molecule has 2 unspecified atom stereocenters. The fourth-order valence-electron chi connectivity index (χ4n) is 5.21. The van der Waals surface area contributed by atoms with Crippen LogP contribution in [0.1, 0.15) is 51.0 Å². The van der Waals surface area contributed by atoms with Gasteiger partial charge in [0, 0.05) is 36.6 Å². The lowest BCUT2D eigenvalue weighted by Gasteiger charge is -2.30. The smallest absolute Gasteiger partial charge is 0.336 e. The number of aromatic nitrogens is 1. The van der Waals surface area contributed by atoms with Crippen molar-refractivity contribution in [3.05, 3.63) is 76.9 Å². The van der Waals surface area contributed by atoms with Crippen molar-refractivity contribution in [2.75, 3.05) is 13.7 Å². The fraction of sp³-hybridized carbons (Fsp3) is 0.407. The molecule has 7 heteroatoms. The van der Waals surface area contributed by atoms with Crippen LogP contribution in [0, 0.1) is 5.92 Å². The van der Waals surface area contributed by atoms with E-state index in [1.807, 2.05) is 53.4 Å². The highest BCUT2D eigenvalue weighted by Crippen LogP contribution is 2.39. The number of rotatable bonds is 8. The Morgan fingerprint density at radius 2 is 1.76 bits per heavy atom. The maximum Gasteiger partial charge on any atom is 0.336 e. The van der Waals surface area contributed by atoms with Crippen molar-refractivity contribution in [3.8, 4) is 5.69 Å². The maximum absolute atomic E-state index is 13.4. The molecule has 2 aliphatic rings. The Bertz CT molecular complexity index is 1110. The van der Waals surface area contributed by atoms with E-state index in [0.717, 1.165) is 24.1 Å². The zero-order valence-electron chi connectivity index (χ0n) is 19.9. The molecule has 1 aromatic heterocycles. The van der Waals surface area contributed by atoms with Crippen molar-refractivity contribution >= 4 is 11.9 Å². The van der Waals surface area contributed by atoms with Crippen molar-refractivity contribution in [1.82, 2.24) is 9.88 Å². The number of benzene rings is 1. The van der Waals surface area contributed by atoms with Crippen molar-refractivity contribution in [2.45, 2.75) is 51.6 Å². The Morgan fingerprint density at radius 3 is 2.41 bits per heavy atom. The van der Waals surface area contributed by atoms with Gasteiger partial charge < -0.3 is 24.5 Å². The summed E-state index contributed by atoms with van der Waals surface area (Å²) in [5.41, 5.74) is 3.16. The van der Waals surface area contributed by atoms with Crippen molar-refractivity contribution < 1.29 is 24.2 Å². The van der Waals surface area contributed by atoms with Crippen LogP contribution in [0.5, 0.6) is 0 Å². The Kier molecular flexibility index (Phi) is 7.22. The largest absolute Gasteiger partial charge is 0.478 e. The second-order valence-electron chi connectivity index (χ2n) is 9.04. The number of esters is 1. The summed E-state index contributed by atoms with van der Waals surface area (Å²) in [7, 11) is 1.65. The van der Waals surface area contributed by atoms with Gasteiger partial charge in [0.05, 0.1) is 23.2 Å². The molecular formula is C27H32N2O5. The lowest BCUT2D eigenvalue weighted by Crippen LogP contribution is -2.34. The second-order valence-corrected chi connectivity index (χ2v) is 9.04. The number of carboxylic acids is 1. The van der Waals surface area contributed by atoms with E-state index in [1.54, 1.807) is 21.0 Å². The van der Waals surface area contributed by atoms with Gasteiger partial charge in [-0.25, -0.2) is 9.59 Å². The Labute approximate surface area is 200 Å². The van der Waals surface area contributed by atoms with Crippen LogP contribution < -0.4 is 5.32 Å². The number of carbonyl (C=O) groups excluding carboxylic acids is 1. The third kappa shape index (κ3) is 4.80. The summed E-state index contributed by atoms with van der Waals surface area (Å²) < 4.78 is 13.3. The lowest BCUT2D eigenvalue weighted by atomic mass is 9.80. The summed E-state index contributed by atoms with van der Waals surface area (Å²) in [4.78, 5) is 25.7. The van der Waals surface area contributed by atoms with Crippen LogP contribution in [0.4, 0.5) is 0 Å². The molecule has 34 heavy (non-hydrogen) atoms. The van der Waals surface area contributed by atoms with Crippen molar-refractivity contribution in [2.24, 2.45) is 5.92 Å². The van der Waals surface area contributed by atoms with Gasteiger partial charge in [-0.3, -0.25) is 0 Å². The Morgan fingerprint density at radius 1 is 1.09 bits per heavy atom. The zero-order chi connectivity index (χ0) is 24.2. The van der Waals surface area contributed by atoms with Crippen LogP contribution in [-0.2, 0) is 19.1 Å². The summed E-state index contributed by atoms with van der Waals surface area (Å²) in [6.45, 7) is 3.66. The first-order chi connectivity index (χ1) is 16.4. The van der Waals surface area contributed by atoms with Gasteiger partial charge in [-0.1, -0.05) is 25.0 Å². The molecule has 1 aliphatic heterocycles. The Balaban J connectivity index is 1.67. The van der Waals surface area contributed by atoms with Gasteiger partial charge in [-0.2, -0.15) is 0 Å². The molecule has 0 spiro atoms. The third-order valence-electron chi connectivity index (χ3n) is 6.92. The molecule has 1 saturated carbocycles. The number of carbonyl (C=O) groups is 2. The van der Waals surface area contributed by atoms with Gasteiger partial charge in [-0.15, -0.1) is 0 Å². The first-order valence-electron chi connectivity index (χ1n) is 11.8. The molecular weight excluding hydrogens is 432 g/mol. The zero-order valence-corrected chi connectivity index (χ0v) is 19.9. The average Bonchev–Trinajstić information content (AvgIpc) is 3.53. The molecule has 2 aromatic rings. The number of nitrogens with zero attached hydrogens (tertiary/aromatic N) is 1. The van der Waals surface area contributed by atoms with E-state index >= 15 is 0 Å². The van der Waals surface area contributed by atoms with E-state index in [4.69, 9.17) is 9.47 Å². The third-order valence-corrected chi connectivity index (χ3v) is 6.92. The fourth-order valence-corrected chi connectivity index (χ4v) is 5.21. The summed E-state index contributed by atoms with van der Waals surface area (Å²) in [5, 5.41) is 13.2. The molecule has 1 aromatic carbocycles. The molecule has 4 rings (SSSR count). The minimum Gasteiger partial charge on any atom is -0.478 e. The van der Waals surface area contributed by atoms with Gasteiger partial charge in [-0.05, 0) is 62.4 Å². The second kappa shape index (κ2) is 10.3.